The van der Waals surface area contributed by atoms with Crippen LogP contribution in [0, 0.1) is 0 Å². The molecule has 0 amide bonds. The lowest BCUT2D eigenvalue weighted by atomic mass is 10.5. The Balaban J connectivity index is 2.26. The van der Waals surface area contributed by atoms with Gasteiger partial charge in [0.1, 0.15) is 5.52 Å². The molecule has 1 aliphatic rings. The van der Waals surface area contributed by atoms with E-state index in [0.717, 1.165) is 5.65 Å². The predicted octanol–water partition coefficient (Wildman–Crippen LogP) is 2.54. The molecule has 0 unspecified atom stereocenters. The van der Waals surface area contributed by atoms with Crippen molar-refractivity contribution >= 4 is 34.5 Å². The first-order chi connectivity index (χ1) is 7.29. The number of fused-ring (bicyclic) bond motifs is 1. The smallest absolute Gasteiger partial charge is 0.190 e. The third-order valence-electron chi connectivity index (χ3n) is 2.48. The molecule has 2 aromatic heterocycles. The SMILES string of the molecule is CSc1nc(Cl)c2ncn(C3CC3)c2n1. The first-order valence-electron chi connectivity index (χ1n) is 4.73. The largest absolute Gasteiger partial charge is 0.312 e. The number of hydrogen-bond donors (Lipinski definition) is 0. The molecule has 4 nitrogen and oxygen atoms in total. The standard InChI is InChI=1S/C9H9ClN4S/c1-15-9-12-7(10)6-8(13-9)14(4-11-6)5-2-3-5/h4-5H,2-3H2,1H3. The van der Waals surface area contributed by atoms with Crippen LogP contribution in [0.5, 0.6) is 0 Å². The van der Waals surface area contributed by atoms with Crippen molar-refractivity contribution in [2.75, 3.05) is 6.26 Å². The number of hydrogen-bond acceptors (Lipinski definition) is 4. The number of nitrogens with zero attached hydrogens (tertiary/aromatic N) is 4. The normalized spacial score (nSPS) is 16.1. The van der Waals surface area contributed by atoms with Crippen LogP contribution in [0.3, 0.4) is 0 Å². The van der Waals surface area contributed by atoms with E-state index in [9.17, 15) is 0 Å². The van der Waals surface area contributed by atoms with E-state index in [0.29, 0.717) is 21.9 Å². The van der Waals surface area contributed by atoms with Crippen LogP contribution in [0.25, 0.3) is 11.2 Å². The highest BCUT2D eigenvalue weighted by Crippen LogP contribution is 2.37. The third kappa shape index (κ3) is 1.50. The third-order valence-corrected chi connectivity index (χ3v) is 3.29. The zero-order valence-corrected chi connectivity index (χ0v) is 9.72. The summed E-state index contributed by atoms with van der Waals surface area (Å²) in [4.78, 5) is 12.8. The summed E-state index contributed by atoms with van der Waals surface area (Å²) in [5.74, 6) is 0. The molecular formula is C9H9ClN4S. The number of aromatic nitrogens is 4. The topological polar surface area (TPSA) is 43.6 Å². The fourth-order valence-electron chi connectivity index (χ4n) is 1.57. The minimum Gasteiger partial charge on any atom is -0.312 e. The lowest BCUT2D eigenvalue weighted by Gasteiger charge is -2.01. The van der Waals surface area contributed by atoms with E-state index in [4.69, 9.17) is 11.6 Å². The fraction of sp³-hybridized carbons (Fsp3) is 0.444. The molecule has 0 aromatic carbocycles. The molecule has 0 atom stereocenters. The summed E-state index contributed by atoms with van der Waals surface area (Å²) in [5, 5.41) is 1.15. The summed E-state index contributed by atoms with van der Waals surface area (Å²) in [7, 11) is 0. The van der Waals surface area contributed by atoms with Crippen LogP contribution in [0.1, 0.15) is 18.9 Å². The molecule has 15 heavy (non-hydrogen) atoms. The van der Waals surface area contributed by atoms with Gasteiger partial charge in [0.15, 0.2) is 16.0 Å². The molecule has 0 N–H and O–H groups in total. The summed E-state index contributed by atoms with van der Waals surface area (Å²) in [6.07, 6.45) is 6.17. The van der Waals surface area contributed by atoms with Crippen LogP contribution in [0.2, 0.25) is 5.15 Å². The molecule has 2 aromatic rings. The van der Waals surface area contributed by atoms with Crippen molar-refractivity contribution in [2.24, 2.45) is 0 Å². The molecule has 0 saturated heterocycles. The van der Waals surface area contributed by atoms with Crippen LogP contribution in [0.15, 0.2) is 11.5 Å². The maximum atomic E-state index is 6.04. The molecule has 0 radical (unpaired) electrons. The Morgan fingerprint density at radius 2 is 2.27 bits per heavy atom. The van der Waals surface area contributed by atoms with E-state index in [1.165, 1.54) is 24.6 Å². The van der Waals surface area contributed by atoms with Crippen LogP contribution < -0.4 is 0 Å². The highest BCUT2D eigenvalue weighted by molar-refractivity contribution is 7.98. The summed E-state index contributed by atoms with van der Waals surface area (Å²) in [6.45, 7) is 0. The summed E-state index contributed by atoms with van der Waals surface area (Å²) in [5.41, 5.74) is 1.57. The first kappa shape index (κ1) is 9.42. The van der Waals surface area contributed by atoms with Gasteiger partial charge in [-0.05, 0) is 19.1 Å². The van der Waals surface area contributed by atoms with Crippen molar-refractivity contribution < 1.29 is 0 Å². The average molecular weight is 241 g/mol. The van der Waals surface area contributed by atoms with E-state index in [1.54, 1.807) is 0 Å². The zero-order valence-electron chi connectivity index (χ0n) is 8.14. The van der Waals surface area contributed by atoms with Crippen molar-refractivity contribution in [2.45, 2.75) is 24.0 Å². The highest BCUT2D eigenvalue weighted by atomic mass is 35.5. The zero-order chi connectivity index (χ0) is 10.4. The van der Waals surface area contributed by atoms with Gasteiger partial charge in [0.2, 0.25) is 0 Å². The van der Waals surface area contributed by atoms with Gasteiger partial charge >= 0.3 is 0 Å². The molecule has 6 heteroatoms. The van der Waals surface area contributed by atoms with Crippen molar-refractivity contribution in [1.82, 2.24) is 19.5 Å². The minimum atomic E-state index is 0.448. The van der Waals surface area contributed by atoms with Gasteiger partial charge in [-0.1, -0.05) is 23.4 Å². The Hall–Kier alpha value is -0.810. The van der Waals surface area contributed by atoms with Gasteiger partial charge < -0.3 is 4.57 Å². The van der Waals surface area contributed by atoms with Crippen LogP contribution in [0.4, 0.5) is 0 Å². The molecule has 0 spiro atoms. The number of thioether (sulfide) groups is 1. The van der Waals surface area contributed by atoms with Crippen LogP contribution >= 0.6 is 23.4 Å². The average Bonchev–Trinajstić information content (AvgIpc) is 2.99. The maximum Gasteiger partial charge on any atom is 0.190 e. The van der Waals surface area contributed by atoms with Gasteiger partial charge in [-0.15, -0.1) is 0 Å². The molecule has 3 rings (SSSR count). The van der Waals surface area contributed by atoms with E-state index < -0.39 is 0 Å². The van der Waals surface area contributed by atoms with Crippen molar-refractivity contribution in [3.05, 3.63) is 11.5 Å². The lowest BCUT2D eigenvalue weighted by molar-refractivity contribution is 0.751. The Bertz CT molecular complexity index is 520. The van der Waals surface area contributed by atoms with Gasteiger partial charge in [-0.2, -0.15) is 0 Å². The van der Waals surface area contributed by atoms with Crippen LogP contribution in [-0.4, -0.2) is 25.8 Å². The van der Waals surface area contributed by atoms with Gasteiger partial charge in [-0.25, -0.2) is 15.0 Å². The quantitative estimate of drug-likeness (QED) is 0.460. The van der Waals surface area contributed by atoms with Crippen molar-refractivity contribution in [3.63, 3.8) is 0 Å². The number of rotatable bonds is 2. The van der Waals surface area contributed by atoms with Crippen molar-refractivity contribution in [1.29, 1.82) is 0 Å². The Labute approximate surface area is 96.1 Å². The second kappa shape index (κ2) is 3.35. The Morgan fingerprint density at radius 3 is 2.93 bits per heavy atom. The molecule has 2 heterocycles. The van der Waals surface area contributed by atoms with Gasteiger partial charge in [0.05, 0.1) is 6.33 Å². The van der Waals surface area contributed by atoms with Crippen LogP contribution in [-0.2, 0) is 0 Å². The minimum absolute atomic E-state index is 0.448. The summed E-state index contributed by atoms with van der Waals surface area (Å²) in [6, 6.07) is 0.565. The van der Waals surface area contributed by atoms with E-state index in [1.807, 2.05) is 12.6 Å². The number of halogens is 1. The van der Waals surface area contributed by atoms with Gasteiger partial charge in [-0.3, -0.25) is 0 Å². The van der Waals surface area contributed by atoms with Gasteiger partial charge in [0, 0.05) is 6.04 Å². The number of imidazole rings is 1. The van der Waals surface area contributed by atoms with E-state index in [2.05, 4.69) is 19.5 Å². The second-order valence-electron chi connectivity index (χ2n) is 3.56. The van der Waals surface area contributed by atoms with Gasteiger partial charge in [0.25, 0.3) is 0 Å². The molecule has 1 saturated carbocycles. The Kier molecular flexibility index (Phi) is 2.10. The monoisotopic (exact) mass is 240 g/mol. The molecular weight excluding hydrogens is 232 g/mol. The van der Waals surface area contributed by atoms with E-state index in [-0.39, 0.29) is 0 Å². The lowest BCUT2D eigenvalue weighted by Crippen LogP contribution is -1.95. The predicted molar refractivity (Wildman–Crippen MR) is 60.4 cm³/mol. The van der Waals surface area contributed by atoms with E-state index >= 15 is 0 Å². The summed E-state index contributed by atoms with van der Waals surface area (Å²) >= 11 is 7.53. The first-order valence-corrected chi connectivity index (χ1v) is 6.34. The molecule has 0 bridgehead atoms. The fourth-order valence-corrected chi connectivity index (χ4v) is 2.20. The molecule has 1 fully saturated rings. The molecule has 0 aliphatic heterocycles. The molecule has 78 valence electrons. The second-order valence-corrected chi connectivity index (χ2v) is 4.69. The molecule has 1 aliphatic carbocycles. The maximum absolute atomic E-state index is 6.04. The summed E-state index contributed by atoms with van der Waals surface area (Å²) < 4.78 is 2.10. The Morgan fingerprint density at radius 1 is 1.47 bits per heavy atom. The highest BCUT2D eigenvalue weighted by Gasteiger charge is 2.26. The van der Waals surface area contributed by atoms with Crippen molar-refractivity contribution in [3.8, 4) is 0 Å².